The minimum Gasteiger partial charge on any atom is -0.480 e. The number of aromatic nitrogens is 2. The molecule has 1 saturated carbocycles. The first-order chi connectivity index (χ1) is 10.1. The molecule has 2 amide bonds. The van der Waals surface area contributed by atoms with Gasteiger partial charge in [0.15, 0.2) is 0 Å². The second kappa shape index (κ2) is 7.35. The highest BCUT2D eigenvalue weighted by Crippen LogP contribution is 2.28. The van der Waals surface area contributed by atoms with E-state index in [-0.39, 0.29) is 12.5 Å². The fourth-order valence-electron chi connectivity index (χ4n) is 2.56. The molecule has 21 heavy (non-hydrogen) atoms. The van der Waals surface area contributed by atoms with Crippen molar-refractivity contribution in [3.05, 3.63) is 18.2 Å². The van der Waals surface area contributed by atoms with Crippen LogP contribution in [0.3, 0.4) is 0 Å². The zero-order chi connectivity index (χ0) is 15.2. The molecule has 4 N–H and O–H groups in total. The van der Waals surface area contributed by atoms with Crippen LogP contribution < -0.4 is 10.6 Å². The lowest BCUT2D eigenvalue weighted by atomic mass is 10.1. The van der Waals surface area contributed by atoms with Crippen LogP contribution in [-0.2, 0) is 11.2 Å². The molecule has 1 aliphatic carbocycles. The summed E-state index contributed by atoms with van der Waals surface area (Å²) < 4.78 is 0. The number of aromatic amines is 1. The van der Waals surface area contributed by atoms with Gasteiger partial charge in [-0.25, -0.2) is 14.6 Å². The van der Waals surface area contributed by atoms with Gasteiger partial charge in [0.1, 0.15) is 6.04 Å². The van der Waals surface area contributed by atoms with E-state index in [4.69, 9.17) is 0 Å². The van der Waals surface area contributed by atoms with E-state index in [0.717, 1.165) is 19.3 Å². The summed E-state index contributed by atoms with van der Waals surface area (Å²) in [5.41, 5.74) is 0.672. The van der Waals surface area contributed by atoms with Crippen LogP contribution >= 0.6 is 11.8 Å². The average molecular weight is 312 g/mol. The Hall–Kier alpha value is -1.70. The minimum absolute atomic E-state index is 0.113. The summed E-state index contributed by atoms with van der Waals surface area (Å²) in [5.74, 6) is -1.06. The van der Waals surface area contributed by atoms with Crippen molar-refractivity contribution in [2.75, 3.05) is 6.26 Å². The number of nitrogens with zero attached hydrogens (tertiary/aromatic N) is 1. The van der Waals surface area contributed by atoms with Crippen molar-refractivity contribution in [3.8, 4) is 0 Å². The van der Waals surface area contributed by atoms with Crippen molar-refractivity contribution in [1.29, 1.82) is 0 Å². The van der Waals surface area contributed by atoms with Crippen LogP contribution in [0.15, 0.2) is 12.5 Å². The van der Waals surface area contributed by atoms with E-state index in [0.29, 0.717) is 10.9 Å². The Labute approximate surface area is 127 Å². The Balaban J connectivity index is 1.87. The van der Waals surface area contributed by atoms with Gasteiger partial charge >= 0.3 is 12.0 Å². The van der Waals surface area contributed by atoms with Gasteiger partial charge in [0.05, 0.1) is 6.33 Å². The lowest BCUT2D eigenvalue weighted by Crippen LogP contribution is -2.51. The monoisotopic (exact) mass is 312 g/mol. The molecule has 0 radical (unpaired) electrons. The van der Waals surface area contributed by atoms with Gasteiger partial charge in [-0.1, -0.05) is 6.42 Å². The molecule has 7 nitrogen and oxygen atoms in total. The van der Waals surface area contributed by atoms with Gasteiger partial charge in [0.2, 0.25) is 0 Å². The Morgan fingerprint density at radius 2 is 2.38 bits per heavy atom. The van der Waals surface area contributed by atoms with Crippen LogP contribution in [-0.4, -0.2) is 50.7 Å². The second-order valence-electron chi connectivity index (χ2n) is 5.10. The quantitative estimate of drug-likeness (QED) is 0.626. The first-order valence-corrected chi connectivity index (χ1v) is 8.19. The smallest absolute Gasteiger partial charge is 0.326 e. The lowest BCUT2D eigenvalue weighted by molar-refractivity contribution is -0.139. The summed E-state index contributed by atoms with van der Waals surface area (Å²) in [6.45, 7) is 0. The number of carbonyl (C=O) groups excluding carboxylic acids is 1. The number of carboxylic acids is 1. The molecule has 0 aliphatic heterocycles. The number of hydrogen-bond acceptors (Lipinski definition) is 4. The number of nitrogens with one attached hydrogen (secondary N) is 3. The highest BCUT2D eigenvalue weighted by Gasteiger charge is 2.29. The Kier molecular flexibility index (Phi) is 5.49. The van der Waals surface area contributed by atoms with Crippen LogP contribution in [0.25, 0.3) is 0 Å². The normalized spacial score (nSPS) is 22.7. The fraction of sp³-hybridized carbons (Fsp3) is 0.615. The molecule has 2 unspecified atom stereocenters. The van der Waals surface area contributed by atoms with Gasteiger partial charge in [0, 0.05) is 29.6 Å². The predicted molar refractivity (Wildman–Crippen MR) is 80.3 cm³/mol. The summed E-state index contributed by atoms with van der Waals surface area (Å²) in [4.78, 5) is 29.9. The predicted octanol–water partition coefficient (Wildman–Crippen LogP) is 0.989. The van der Waals surface area contributed by atoms with E-state index in [1.54, 1.807) is 18.0 Å². The van der Waals surface area contributed by atoms with Crippen LogP contribution in [0, 0.1) is 0 Å². The van der Waals surface area contributed by atoms with E-state index in [9.17, 15) is 14.7 Å². The van der Waals surface area contributed by atoms with Gasteiger partial charge in [0.25, 0.3) is 0 Å². The Morgan fingerprint density at radius 1 is 1.57 bits per heavy atom. The number of carbonyl (C=O) groups is 2. The second-order valence-corrected chi connectivity index (χ2v) is 6.18. The largest absolute Gasteiger partial charge is 0.480 e. The zero-order valence-corrected chi connectivity index (χ0v) is 12.7. The van der Waals surface area contributed by atoms with Crippen molar-refractivity contribution in [3.63, 3.8) is 0 Å². The van der Waals surface area contributed by atoms with Crippen LogP contribution in [0.5, 0.6) is 0 Å². The summed E-state index contributed by atoms with van der Waals surface area (Å²) in [5, 5.41) is 15.0. The van der Waals surface area contributed by atoms with E-state index in [1.807, 2.05) is 6.26 Å². The summed E-state index contributed by atoms with van der Waals surface area (Å²) in [6.07, 6.45) is 8.36. The topological polar surface area (TPSA) is 107 Å². The van der Waals surface area contributed by atoms with Gasteiger partial charge in [-0.15, -0.1) is 0 Å². The number of hydrogen-bond donors (Lipinski definition) is 4. The van der Waals surface area contributed by atoms with Crippen LogP contribution in [0.4, 0.5) is 4.79 Å². The van der Waals surface area contributed by atoms with Crippen molar-refractivity contribution in [2.45, 2.75) is 43.0 Å². The number of imidazole rings is 1. The summed E-state index contributed by atoms with van der Waals surface area (Å²) in [7, 11) is 0. The molecule has 3 atom stereocenters. The zero-order valence-electron chi connectivity index (χ0n) is 11.8. The molecule has 0 saturated heterocycles. The molecule has 0 bridgehead atoms. The highest BCUT2D eigenvalue weighted by atomic mass is 32.2. The molecule has 0 aromatic carbocycles. The van der Waals surface area contributed by atoms with Crippen molar-refractivity contribution in [2.24, 2.45) is 0 Å². The average Bonchev–Trinajstić information content (AvgIpc) is 3.09. The van der Waals surface area contributed by atoms with E-state index in [1.165, 1.54) is 6.33 Å². The van der Waals surface area contributed by atoms with Gasteiger partial charge < -0.3 is 20.7 Å². The Morgan fingerprint density at radius 3 is 3.00 bits per heavy atom. The van der Waals surface area contributed by atoms with Crippen LogP contribution in [0.1, 0.15) is 25.0 Å². The molecule has 1 fully saturated rings. The molecule has 0 spiro atoms. The number of carboxylic acid groups (broad SMARTS) is 1. The van der Waals surface area contributed by atoms with Gasteiger partial charge in [-0.2, -0.15) is 11.8 Å². The van der Waals surface area contributed by atoms with E-state index < -0.39 is 18.0 Å². The molecule has 2 rings (SSSR count). The molecular formula is C13H20N4O3S. The number of aliphatic carboxylic acids is 1. The summed E-state index contributed by atoms with van der Waals surface area (Å²) in [6, 6.07) is -1.28. The number of amides is 2. The standard InChI is InChI=1S/C13H20N4O3S/c1-21-11-4-2-3-9(11)16-13(20)17-10(12(18)19)5-8-6-14-7-15-8/h6-7,9-11H,2-5H2,1H3,(H,14,15)(H,18,19)(H2,16,17,20)/t9?,10-,11?/m1/s1. The maximum Gasteiger partial charge on any atom is 0.326 e. The molecule has 8 heteroatoms. The number of rotatable bonds is 6. The molecule has 1 heterocycles. The number of H-pyrrole nitrogens is 1. The summed E-state index contributed by atoms with van der Waals surface area (Å²) >= 11 is 1.74. The highest BCUT2D eigenvalue weighted by molar-refractivity contribution is 7.99. The van der Waals surface area contributed by atoms with E-state index in [2.05, 4.69) is 20.6 Å². The molecule has 1 aliphatic rings. The molecular weight excluding hydrogens is 292 g/mol. The van der Waals surface area contributed by atoms with Crippen LogP contribution in [0.2, 0.25) is 0 Å². The maximum absolute atomic E-state index is 12.0. The number of urea groups is 1. The van der Waals surface area contributed by atoms with Gasteiger partial charge in [-0.3, -0.25) is 0 Å². The van der Waals surface area contributed by atoms with Crippen molar-refractivity contribution < 1.29 is 14.7 Å². The minimum atomic E-state index is -1.06. The number of thioether (sulfide) groups is 1. The molecule has 1 aromatic rings. The Bertz CT molecular complexity index is 480. The first-order valence-electron chi connectivity index (χ1n) is 6.90. The lowest BCUT2D eigenvalue weighted by Gasteiger charge is -2.21. The van der Waals surface area contributed by atoms with Gasteiger partial charge in [-0.05, 0) is 19.1 Å². The molecule has 116 valence electrons. The third-order valence-corrected chi connectivity index (χ3v) is 4.82. The van der Waals surface area contributed by atoms with E-state index >= 15 is 0 Å². The van der Waals surface area contributed by atoms with Crippen molar-refractivity contribution >= 4 is 23.8 Å². The maximum atomic E-state index is 12.0. The first kappa shape index (κ1) is 15.7. The van der Waals surface area contributed by atoms with Crippen molar-refractivity contribution in [1.82, 2.24) is 20.6 Å². The SMILES string of the molecule is CSC1CCCC1NC(=O)N[C@H](Cc1cnc[nH]1)C(=O)O. The fourth-order valence-corrected chi connectivity index (χ4v) is 3.49. The molecule has 1 aromatic heterocycles. The third-order valence-electron chi connectivity index (χ3n) is 3.65. The third kappa shape index (κ3) is 4.38.